The molecule has 0 spiro atoms. The third kappa shape index (κ3) is 6.94. The molecule has 0 saturated heterocycles. The van der Waals surface area contributed by atoms with Gasteiger partial charge in [-0.15, -0.1) is 0 Å². The van der Waals surface area contributed by atoms with Gasteiger partial charge in [-0.05, 0) is 41.9 Å². The Hall–Kier alpha value is -4.19. The van der Waals surface area contributed by atoms with E-state index >= 15 is 0 Å². The molecule has 6 heteroatoms. The number of guanidine groups is 1. The van der Waals surface area contributed by atoms with Crippen molar-refractivity contribution in [1.82, 2.24) is 14.9 Å². The quantitative estimate of drug-likeness (QED) is 0.0980. The van der Waals surface area contributed by atoms with Gasteiger partial charge >= 0.3 is 0 Å². The Labute approximate surface area is 243 Å². The number of rotatable bonds is 11. The molecule has 3 aromatic carbocycles. The summed E-state index contributed by atoms with van der Waals surface area (Å²) in [6.45, 7) is 0.531. The van der Waals surface area contributed by atoms with Gasteiger partial charge in [0.2, 0.25) is 5.91 Å². The molecule has 1 fully saturated rings. The minimum absolute atomic E-state index is 0.0327. The van der Waals surface area contributed by atoms with Crippen molar-refractivity contribution in [3.8, 4) is 0 Å². The van der Waals surface area contributed by atoms with Crippen LogP contribution >= 0.6 is 0 Å². The highest BCUT2D eigenvalue weighted by molar-refractivity contribution is 5.96. The Morgan fingerprint density at radius 1 is 0.878 bits per heavy atom. The Morgan fingerprint density at radius 3 is 2.00 bits per heavy atom. The van der Waals surface area contributed by atoms with Crippen LogP contribution in [0.5, 0.6) is 0 Å². The van der Waals surface area contributed by atoms with Crippen molar-refractivity contribution in [3.05, 3.63) is 126 Å². The van der Waals surface area contributed by atoms with E-state index in [1.54, 1.807) is 0 Å². The van der Waals surface area contributed by atoms with Gasteiger partial charge in [0.05, 0.1) is 12.0 Å². The van der Waals surface area contributed by atoms with Crippen LogP contribution in [-0.2, 0) is 16.8 Å². The summed E-state index contributed by atoms with van der Waals surface area (Å²) in [6, 6.07) is 31.8. The zero-order chi connectivity index (χ0) is 28.3. The van der Waals surface area contributed by atoms with Crippen molar-refractivity contribution in [2.24, 2.45) is 16.6 Å². The number of aromatic nitrogens is 2. The zero-order valence-electron chi connectivity index (χ0n) is 23.8. The van der Waals surface area contributed by atoms with Gasteiger partial charge in [0.15, 0.2) is 5.96 Å². The molecule has 1 aliphatic rings. The molecule has 0 unspecified atom stereocenters. The second-order valence-corrected chi connectivity index (χ2v) is 11.0. The summed E-state index contributed by atoms with van der Waals surface area (Å²) < 4.78 is 2.23. The number of amides is 1. The van der Waals surface area contributed by atoms with E-state index in [1.165, 1.54) is 32.1 Å². The van der Waals surface area contributed by atoms with Crippen LogP contribution in [0.25, 0.3) is 0 Å². The minimum Gasteiger partial charge on any atom is -0.370 e. The molecule has 1 amide bonds. The van der Waals surface area contributed by atoms with Gasteiger partial charge in [0.1, 0.15) is 5.54 Å². The SMILES string of the molecule is NC(=NCCCc1cn(C(c2ccccc2)(c2ccccc2)c2ccccc2)cn1)NC(=O)CCC1CCCCC1. The van der Waals surface area contributed by atoms with Crippen LogP contribution in [0.15, 0.2) is 109 Å². The molecule has 0 aliphatic heterocycles. The summed E-state index contributed by atoms with van der Waals surface area (Å²) in [6.07, 6.45) is 13.5. The number of hydrogen-bond acceptors (Lipinski definition) is 3. The summed E-state index contributed by atoms with van der Waals surface area (Å²) in [7, 11) is 0. The van der Waals surface area contributed by atoms with Crippen molar-refractivity contribution in [2.45, 2.75) is 63.3 Å². The van der Waals surface area contributed by atoms with E-state index in [0.717, 1.165) is 41.6 Å². The largest absolute Gasteiger partial charge is 0.370 e. The molecular formula is C35H41N5O. The van der Waals surface area contributed by atoms with Crippen LogP contribution in [0.4, 0.5) is 0 Å². The van der Waals surface area contributed by atoms with Crippen molar-refractivity contribution in [2.75, 3.05) is 6.54 Å². The Morgan fingerprint density at radius 2 is 1.44 bits per heavy atom. The van der Waals surface area contributed by atoms with Gasteiger partial charge in [-0.2, -0.15) is 0 Å². The topological polar surface area (TPSA) is 85.3 Å². The maximum Gasteiger partial charge on any atom is 0.226 e. The number of carbonyl (C=O) groups is 1. The molecule has 1 saturated carbocycles. The summed E-state index contributed by atoms with van der Waals surface area (Å²) in [5, 5.41) is 2.77. The molecule has 6 nitrogen and oxygen atoms in total. The molecule has 1 heterocycles. The molecule has 0 atom stereocenters. The lowest BCUT2D eigenvalue weighted by molar-refractivity contribution is -0.120. The van der Waals surface area contributed by atoms with Gasteiger partial charge in [0, 0.05) is 19.2 Å². The van der Waals surface area contributed by atoms with E-state index in [-0.39, 0.29) is 11.9 Å². The fraction of sp³-hybridized carbons (Fsp3) is 0.343. The number of benzene rings is 3. The lowest BCUT2D eigenvalue weighted by atomic mass is 9.77. The highest BCUT2D eigenvalue weighted by atomic mass is 16.1. The first kappa shape index (κ1) is 28.3. The maximum absolute atomic E-state index is 12.3. The van der Waals surface area contributed by atoms with Crippen LogP contribution in [-0.4, -0.2) is 28.0 Å². The van der Waals surface area contributed by atoms with E-state index < -0.39 is 5.54 Å². The maximum atomic E-state index is 12.3. The molecule has 3 N–H and O–H groups in total. The fourth-order valence-corrected chi connectivity index (χ4v) is 6.18. The number of nitrogens with two attached hydrogens (primary N) is 1. The van der Waals surface area contributed by atoms with E-state index in [0.29, 0.717) is 18.9 Å². The van der Waals surface area contributed by atoms with Crippen molar-refractivity contribution in [3.63, 3.8) is 0 Å². The second-order valence-electron chi connectivity index (χ2n) is 11.0. The Kier molecular flexibility index (Phi) is 9.63. The molecular weight excluding hydrogens is 506 g/mol. The van der Waals surface area contributed by atoms with E-state index in [4.69, 9.17) is 10.7 Å². The summed E-state index contributed by atoms with van der Waals surface area (Å²) in [5.74, 6) is 0.854. The molecule has 0 bridgehead atoms. The highest BCUT2D eigenvalue weighted by Gasteiger charge is 2.38. The van der Waals surface area contributed by atoms with E-state index in [2.05, 4.69) is 112 Å². The number of nitrogens with zero attached hydrogens (tertiary/aromatic N) is 3. The summed E-state index contributed by atoms with van der Waals surface area (Å²) in [5.41, 5.74) is 9.93. The average Bonchev–Trinajstić information content (AvgIpc) is 3.50. The lowest BCUT2D eigenvalue weighted by Gasteiger charge is -2.37. The summed E-state index contributed by atoms with van der Waals surface area (Å²) >= 11 is 0. The zero-order valence-corrected chi connectivity index (χ0v) is 23.8. The van der Waals surface area contributed by atoms with Gasteiger partial charge in [-0.1, -0.05) is 123 Å². The van der Waals surface area contributed by atoms with Crippen LogP contribution in [0.3, 0.4) is 0 Å². The lowest BCUT2D eigenvalue weighted by Crippen LogP contribution is -2.37. The Bertz CT molecular complexity index is 1300. The molecule has 4 aromatic rings. The van der Waals surface area contributed by atoms with Crippen LogP contribution in [0, 0.1) is 5.92 Å². The highest BCUT2D eigenvalue weighted by Crippen LogP contribution is 2.40. The standard InChI is InChI=1S/C35H41N5O/c36-34(39-33(41)24-23-28-14-5-1-6-15-28)37-25-13-22-32-26-40(27-38-32)35(29-16-7-2-8-17-29,30-18-9-3-10-19-30)31-20-11-4-12-21-31/h2-4,7-12,16-21,26-28H,1,5-6,13-15,22-25H2,(H3,36,37,39,41). The van der Waals surface area contributed by atoms with Gasteiger partial charge in [-0.3, -0.25) is 15.1 Å². The smallest absolute Gasteiger partial charge is 0.226 e. The fourth-order valence-electron chi connectivity index (χ4n) is 6.18. The van der Waals surface area contributed by atoms with E-state index in [1.807, 2.05) is 6.33 Å². The van der Waals surface area contributed by atoms with Crippen molar-refractivity contribution >= 4 is 11.9 Å². The normalized spacial score (nSPS) is 14.6. The third-order valence-corrected chi connectivity index (χ3v) is 8.24. The van der Waals surface area contributed by atoms with Crippen molar-refractivity contribution < 1.29 is 4.79 Å². The molecule has 0 radical (unpaired) electrons. The number of aliphatic imine (C=N–C) groups is 1. The first-order chi connectivity index (χ1) is 20.2. The van der Waals surface area contributed by atoms with Crippen LogP contribution in [0.1, 0.15) is 73.8 Å². The first-order valence-corrected chi connectivity index (χ1v) is 15.0. The first-order valence-electron chi connectivity index (χ1n) is 15.0. The van der Waals surface area contributed by atoms with Gasteiger partial charge in [0.25, 0.3) is 0 Å². The predicted octanol–water partition coefficient (Wildman–Crippen LogP) is 6.45. The van der Waals surface area contributed by atoms with Crippen LogP contribution < -0.4 is 11.1 Å². The molecule has 212 valence electrons. The molecule has 1 aromatic heterocycles. The molecule has 1 aliphatic carbocycles. The number of nitrogens with one attached hydrogen (secondary N) is 1. The number of aryl methyl sites for hydroxylation is 1. The third-order valence-electron chi connectivity index (χ3n) is 8.24. The molecule has 5 rings (SSSR count). The number of hydrogen-bond donors (Lipinski definition) is 2. The number of carbonyl (C=O) groups excluding carboxylic acids is 1. The van der Waals surface area contributed by atoms with Crippen LogP contribution in [0.2, 0.25) is 0 Å². The average molecular weight is 548 g/mol. The predicted molar refractivity (Wildman–Crippen MR) is 166 cm³/mol. The summed E-state index contributed by atoms with van der Waals surface area (Å²) in [4.78, 5) is 21.5. The molecule has 41 heavy (non-hydrogen) atoms. The monoisotopic (exact) mass is 547 g/mol. The Balaban J connectivity index is 1.27. The van der Waals surface area contributed by atoms with Gasteiger partial charge in [-0.25, -0.2) is 4.98 Å². The van der Waals surface area contributed by atoms with Crippen molar-refractivity contribution in [1.29, 1.82) is 0 Å². The number of imidazole rings is 1. The second kappa shape index (κ2) is 13.9. The van der Waals surface area contributed by atoms with Gasteiger partial charge < -0.3 is 10.3 Å². The minimum atomic E-state index is -0.570. The van der Waals surface area contributed by atoms with E-state index in [9.17, 15) is 4.79 Å².